The molecule has 2 fully saturated rings. The predicted molar refractivity (Wildman–Crippen MR) is 84.2 cm³/mol. The lowest BCUT2D eigenvalue weighted by Crippen LogP contribution is -2.46. The van der Waals surface area contributed by atoms with Crippen molar-refractivity contribution < 1.29 is 13.2 Å². The molecule has 0 aliphatic carbocycles. The normalized spacial score (nSPS) is 30.7. The SMILES string of the molecule is CCc1nccn1[C@@H]1CCCN(S(=O)(=O)[C@@H]2CCO[C@@H]2C)C1. The minimum Gasteiger partial charge on any atom is -0.377 e. The Kier molecular flexibility index (Phi) is 4.56. The van der Waals surface area contributed by atoms with Crippen LogP contribution in [0.3, 0.4) is 0 Å². The Hall–Kier alpha value is -0.920. The van der Waals surface area contributed by atoms with Crippen LogP contribution in [0, 0.1) is 0 Å². The zero-order chi connectivity index (χ0) is 15.7. The number of hydrogen-bond acceptors (Lipinski definition) is 4. The number of sulfonamides is 1. The third kappa shape index (κ3) is 2.81. The van der Waals surface area contributed by atoms with E-state index in [1.165, 1.54) is 0 Å². The Morgan fingerprint density at radius 2 is 2.23 bits per heavy atom. The molecule has 22 heavy (non-hydrogen) atoms. The molecule has 3 heterocycles. The largest absolute Gasteiger partial charge is 0.377 e. The number of imidazole rings is 1. The molecular formula is C15H25N3O3S. The van der Waals surface area contributed by atoms with Crippen molar-refractivity contribution in [1.82, 2.24) is 13.9 Å². The third-order valence-corrected chi connectivity index (χ3v) is 7.30. The quantitative estimate of drug-likeness (QED) is 0.842. The molecule has 1 aromatic heterocycles. The molecule has 2 aliphatic rings. The first-order valence-corrected chi connectivity index (χ1v) is 9.66. The van der Waals surface area contributed by atoms with Gasteiger partial charge in [0.05, 0.1) is 6.10 Å². The molecule has 0 unspecified atom stereocenters. The van der Waals surface area contributed by atoms with E-state index in [1.807, 2.05) is 13.1 Å². The lowest BCUT2D eigenvalue weighted by molar-refractivity contribution is 0.125. The van der Waals surface area contributed by atoms with Crippen LogP contribution in [0.1, 0.15) is 45.0 Å². The average Bonchev–Trinajstić information content (AvgIpc) is 3.15. The van der Waals surface area contributed by atoms with E-state index in [-0.39, 0.29) is 17.4 Å². The van der Waals surface area contributed by atoms with Gasteiger partial charge in [-0.1, -0.05) is 6.92 Å². The summed E-state index contributed by atoms with van der Waals surface area (Å²) in [4.78, 5) is 4.36. The number of hydrogen-bond donors (Lipinski definition) is 0. The number of aromatic nitrogens is 2. The molecule has 0 spiro atoms. The van der Waals surface area contributed by atoms with Crippen LogP contribution in [-0.4, -0.2) is 53.3 Å². The number of nitrogens with zero attached hydrogens (tertiary/aromatic N) is 3. The zero-order valence-electron chi connectivity index (χ0n) is 13.3. The molecule has 0 amide bonds. The molecule has 0 saturated carbocycles. The lowest BCUT2D eigenvalue weighted by atomic mass is 10.1. The van der Waals surface area contributed by atoms with Crippen molar-refractivity contribution in [3.8, 4) is 0 Å². The minimum absolute atomic E-state index is 0.193. The molecule has 0 aromatic carbocycles. The van der Waals surface area contributed by atoms with Gasteiger partial charge in [0.25, 0.3) is 0 Å². The average molecular weight is 327 g/mol. The molecule has 124 valence electrons. The van der Waals surface area contributed by atoms with Gasteiger partial charge >= 0.3 is 0 Å². The number of rotatable bonds is 4. The van der Waals surface area contributed by atoms with E-state index in [0.717, 1.165) is 25.1 Å². The van der Waals surface area contributed by atoms with Crippen LogP contribution in [0.5, 0.6) is 0 Å². The van der Waals surface area contributed by atoms with E-state index in [2.05, 4.69) is 16.5 Å². The Bertz CT molecular complexity index is 613. The summed E-state index contributed by atoms with van der Waals surface area (Å²) in [5.41, 5.74) is 0. The second-order valence-electron chi connectivity index (χ2n) is 6.21. The van der Waals surface area contributed by atoms with Crippen molar-refractivity contribution in [3.05, 3.63) is 18.2 Å². The van der Waals surface area contributed by atoms with Crippen LogP contribution in [0.15, 0.2) is 12.4 Å². The highest BCUT2D eigenvalue weighted by Crippen LogP contribution is 2.30. The maximum atomic E-state index is 12.9. The minimum atomic E-state index is -3.28. The molecule has 2 saturated heterocycles. The fourth-order valence-corrected chi connectivity index (χ4v) is 5.73. The number of ether oxygens (including phenoxy) is 1. The van der Waals surface area contributed by atoms with E-state index < -0.39 is 10.0 Å². The van der Waals surface area contributed by atoms with E-state index in [9.17, 15) is 8.42 Å². The Morgan fingerprint density at radius 3 is 2.91 bits per heavy atom. The van der Waals surface area contributed by atoms with Crippen molar-refractivity contribution >= 4 is 10.0 Å². The smallest absolute Gasteiger partial charge is 0.219 e. The molecule has 3 rings (SSSR count). The molecule has 2 aliphatic heterocycles. The van der Waals surface area contributed by atoms with Crippen molar-refractivity contribution in [1.29, 1.82) is 0 Å². The summed E-state index contributed by atoms with van der Waals surface area (Å²) in [5, 5.41) is -0.389. The van der Waals surface area contributed by atoms with Gasteiger partial charge in [0, 0.05) is 44.6 Å². The van der Waals surface area contributed by atoms with E-state index in [0.29, 0.717) is 26.1 Å². The van der Waals surface area contributed by atoms with Crippen molar-refractivity contribution in [3.63, 3.8) is 0 Å². The van der Waals surface area contributed by atoms with Gasteiger partial charge in [0.15, 0.2) is 0 Å². The third-order valence-electron chi connectivity index (χ3n) is 4.87. The molecule has 6 nitrogen and oxygen atoms in total. The van der Waals surface area contributed by atoms with Crippen LogP contribution in [0.25, 0.3) is 0 Å². The van der Waals surface area contributed by atoms with E-state index in [1.54, 1.807) is 10.5 Å². The fraction of sp³-hybridized carbons (Fsp3) is 0.800. The van der Waals surface area contributed by atoms with Crippen LogP contribution in [0.4, 0.5) is 0 Å². The first-order chi connectivity index (χ1) is 10.5. The topological polar surface area (TPSA) is 64.4 Å². The summed E-state index contributed by atoms with van der Waals surface area (Å²) in [6.07, 6.45) is 6.95. The second kappa shape index (κ2) is 6.29. The van der Waals surface area contributed by atoms with Gasteiger partial charge in [-0.3, -0.25) is 0 Å². The first-order valence-electron chi connectivity index (χ1n) is 8.16. The highest BCUT2D eigenvalue weighted by molar-refractivity contribution is 7.89. The zero-order valence-corrected chi connectivity index (χ0v) is 14.1. The van der Waals surface area contributed by atoms with Crippen molar-refractivity contribution in [2.75, 3.05) is 19.7 Å². The predicted octanol–water partition coefficient (Wildman–Crippen LogP) is 1.59. The van der Waals surface area contributed by atoms with Gasteiger partial charge in [-0.2, -0.15) is 4.31 Å². The van der Waals surface area contributed by atoms with Gasteiger partial charge < -0.3 is 9.30 Å². The summed E-state index contributed by atoms with van der Waals surface area (Å²) in [7, 11) is -3.28. The molecule has 7 heteroatoms. The summed E-state index contributed by atoms with van der Waals surface area (Å²) in [6.45, 7) is 5.66. The second-order valence-corrected chi connectivity index (χ2v) is 8.36. The highest BCUT2D eigenvalue weighted by Gasteiger charge is 2.41. The van der Waals surface area contributed by atoms with Gasteiger partial charge in [0.1, 0.15) is 11.1 Å². The van der Waals surface area contributed by atoms with Gasteiger partial charge in [-0.15, -0.1) is 0 Å². The van der Waals surface area contributed by atoms with Crippen LogP contribution in [0.2, 0.25) is 0 Å². The van der Waals surface area contributed by atoms with Gasteiger partial charge in [0.2, 0.25) is 10.0 Å². The monoisotopic (exact) mass is 327 g/mol. The molecule has 0 bridgehead atoms. The van der Waals surface area contributed by atoms with Gasteiger partial charge in [-0.05, 0) is 26.2 Å². The molecule has 0 radical (unpaired) electrons. The van der Waals surface area contributed by atoms with E-state index >= 15 is 0 Å². The Labute approximate surface area is 132 Å². The van der Waals surface area contributed by atoms with E-state index in [4.69, 9.17) is 4.74 Å². The fourth-order valence-electron chi connectivity index (χ4n) is 3.62. The van der Waals surface area contributed by atoms with Crippen LogP contribution < -0.4 is 0 Å². The van der Waals surface area contributed by atoms with Crippen LogP contribution >= 0.6 is 0 Å². The Balaban J connectivity index is 1.78. The number of piperidine rings is 1. The maximum absolute atomic E-state index is 12.9. The molecule has 0 N–H and O–H groups in total. The summed E-state index contributed by atoms with van der Waals surface area (Å²) in [5.74, 6) is 1.03. The summed E-state index contributed by atoms with van der Waals surface area (Å²) in [6, 6.07) is 0.193. The maximum Gasteiger partial charge on any atom is 0.219 e. The van der Waals surface area contributed by atoms with Crippen molar-refractivity contribution in [2.24, 2.45) is 0 Å². The lowest BCUT2D eigenvalue weighted by Gasteiger charge is -2.35. The van der Waals surface area contributed by atoms with Gasteiger partial charge in [-0.25, -0.2) is 13.4 Å². The number of aryl methyl sites for hydroxylation is 1. The summed E-state index contributed by atoms with van der Waals surface area (Å²) >= 11 is 0. The first kappa shape index (κ1) is 16.0. The molecular weight excluding hydrogens is 302 g/mol. The standard InChI is InChI=1S/C15H25N3O3S/c1-3-15-16-7-9-18(15)13-5-4-8-17(11-13)22(19,20)14-6-10-21-12(14)2/h7,9,12-14H,3-6,8,10-11H2,1-2H3/t12-,13-,14-/m1/s1. The van der Waals surface area contributed by atoms with Crippen LogP contribution in [-0.2, 0) is 21.2 Å². The summed E-state index contributed by atoms with van der Waals surface area (Å²) < 4.78 is 35.1. The van der Waals surface area contributed by atoms with Crippen molar-refractivity contribution in [2.45, 2.75) is 56.9 Å². The molecule has 1 aromatic rings. The molecule has 3 atom stereocenters. The Morgan fingerprint density at radius 1 is 1.41 bits per heavy atom. The highest BCUT2D eigenvalue weighted by atomic mass is 32.2.